The van der Waals surface area contributed by atoms with Crippen LogP contribution in [0.25, 0.3) is 11.3 Å². The summed E-state index contributed by atoms with van der Waals surface area (Å²) in [5.74, 6) is 5.19. The molecule has 8 heteroatoms. The Balaban J connectivity index is 2.38. The summed E-state index contributed by atoms with van der Waals surface area (Å²) in [6.07, 6.45) is -1.92. The quantitative estimate of drug-likeness (QED) is 0.661. The molecule has 1 aromatic carbocycles. The van der Waals surface area contributed by atoms with E-state index in [1.807, 2.05) is 0 Å². The first-order chi connectivity index (χ1) is 8.99. The van der Waals surface area contributed by atoms with Gasteiger partial charge in [0.05, 0.1) is 0 Å². The zero-order chi connectivity index (χ0) is 13.9. The van der Waals surface area contributed by atoms with Gasteiger partial charge in [0.15, 0.2) is 5.82 Å². The van der Waals surface area contributed by atoms with Gasteiger partial charge in [-0.1, -0.05) is 12.1 Å². The number of hydrazine groups is 1. The molecule has 0 aliphatic rings. The number of halogens is 3. The maximum Gasteiger partial charge on any atom is 0.573 e. The highest BCUT2D eigenvalue weighted by Crippen LogP contribution is 2.29. The van der Waals surface area contributed by atoms with E-state index in [0.29, 0.717) is 11.3 Å². The smallest absolute Gasteiger partial charge is 0.406 e. The molecule has 0 radical (unpaired) electrons. The lowest BCUT2D eigenvalue weighted by molar-refractivity contribution is -0.274. The van der Waals surface area contributed by atoms with E-state index in [1.54, 1.807) is 6.07 Å². The molecule has 0 spiro atoms. The van der Waals surface area contributed by atoms with Crippen LogP contribution in [0.2, 0.25) is 0 Å². The van der Waals surface area contributed by atoms with Gasteiger partial charge in [0.1, 0.15) is 11.4 Å². The molecule has 0 aliphatic carbocycles. The number of ether oxygens (including phenoxy) is 1. The van der Waals surface area contributed by atoms with Gasteiger partial charge in [-0.2, -0.15) is 0 Å². The van der Waals surface area contributed by atoms with E-state index >= 15 is 0 Å². The van der Waals surface area contributed by atoms with E-state index in [0.717, 1.165) is 0 Å². The van der Waals surface area contributed by atoms with Gasteiger partial charge in [-0.15, -0.1) is 13.2 Å². The van der Waals surface area contributed by atoms with Gasteiger partial charge in [-0.05, 0) is 12.1 Å². The zero-order valence-electron chi connectivity index (χ0n) is 9.48. The maximum absolute atomic E-state index is 12.1. The summed E-state index contributed by atoms with van der Waals surface area (Å²) in [5.41, 5.74) is 3.06. The first-order valence-electron chi connectivity index (χ1n) is 5.13. The monoisotopic (exact) mass is 270 g/mol. The zero-order valence-corrected chi connectivity index (χ0v) is 9.48. The number of alkyl halides is 3. The molecule has 100 valence electrons. The minimum Gasteiger partial charge on any atom is -0.406 e. The average molecular weight is 270 g/mol. The van der Waals surface area contributed by atoms with Crippen molar-refractivity contribution in [3.8, 4) is 17.0 Å². The Labute approximate surface area is 106 Å². The number of rotatable bonds is 3. The van der Waals surface area contributed by atoms with Gasteiger partial charge in [0.2, 0.25) is 0 Å². The summed E-state index contributed by atoms with van der Waals surface area (Å²) >= 11 is 0. The summed E-state index contributed by atoms with van der Waals surface area (Å²) in [7, 11) is 0. The third-order valence-corrected chi connectivity index (χ3v) is 2.18. The van der Waals surface area contributed by atoms with Crippen molar-refractivity contribution in [1.82, 2.24) is 9.97 Å². The van der Waals surface area contributed by atoms with Gasteiger partial charge in [0.25, 0.3) is 0 Å². The van der Waals surface area contributed by atoms with Gasteiger partial charge < -0.3 is 10.2 Å². The summed E-state index contributed by atoms with van der Waals surface area (Å²) in [6.45, 7) is 0. The second-order valence-corrected chi connectivity index (χ2v) is 3.47. The summed E-state index contributed by atoms with van der Waals surface area (Å²) in [5, 5.41) is 0. The highest BCUT2D eigenvalue weighted by molar-refractivity contribution is 5.71. The van der Waals surface area contributed by atoms with E-state index in [9.17, 15) is 13.2 Å². The van der Waals surface area contributed by atoms with Crippen LogP contribution in [-0.4, -0.2) is 16.3 Å². The van der Waals surface area contributed by atoms with Crippen LogP contribution in [0.5, 0.6) is 5.75 Å². The third-order valence-electron chi connectivity index (χ3n) is 2.18. The molecule has 0 aliphatic heterocycles. The number of nitrogens with zero attached hydrogens (tertiary/aromatic N) is 2. The Morgan fingerprint density at radius 2 is 1.89 bits per heavy atom. The Morgan fingerprint density at radius 3 is 2.58 bits per heavy atom. The number of anilines is 1. The molecule has 2 aromatic rings. The van der Waals surface area contributed by atoms with Crippen LogP contribution in [0.3, 0.4) is 0 Å². The number of benzene rings is 1. The van der Waals surface area contributed by atoms with Crippen LogP contribution in [0.1, 0.15) is 0 Å². The molecule has 2 rings (SSSR count). The number of hydrogen-bond acceptors (Lipinski definition) is 5. The van der Waals surface area contributed by atoms with Gasteiger partial charge in [-0.3, -0.25) is 4.98 Å². The second-order valence-electron chi connectivity index (χ2n) is 3.47. The van der Waals surface area contributed by atoms with Crippen molar-refractivity contribution < 1.29 is 17.9 Å². The lowest BCUT2D eigenvalue weighted by Crippen LogP contribution is -2.17. The average Bonchev–Trinajstić information content (AvgIpc) is 2.37. The molecule has 0 saturated carbocycles. The third kappa shape index (κ3) is 3.32. The number of aromatic nitrogens is 2. The van der Waals surface area contributed by atoms with Crippen molar-refractivity contribution in [3.05, 3.63) is 36.7 Å². The van der Waals surface area contributed by atoms with Gasteiger partial charge >= 0.3 is 6.36 Å². The number of nitrogen functional groups attached to an aromatic ring is 1. The van der Waals surface area contributed by atoms with Crippen LogP contribution in [0.15, 0.2) is 36.7 Å². The van der Waals surface area contributed by atoms with Crippen LogP contribution in [0, 0.1) is 0 Å². The van der Waals surface area contributed by atoms with E-state index < -0.39 is 6.36 Å². The number of nitrogens with one attached hydrogen (secondary N) is 1. The fraction of sp³-hybridized carbons (Fsp3) is 0.0909. The fourth-order valence-electron chi connectivity index (χ4n) is 1.50. The normalized spacial score (nSPS) is 11.2. The largest absolute Gasteiger partial charge is 0.573 e. The molecule has 1 aromatic heterocycles. The Hall–Kier alpha value is -2.35. The Kier molecular flexibility index (Phi) is 3.52. The van der Waals surface area contributed by atoms with Crippen LogP contribution in [-0.2, 0) is 0 Å². The van der Waals surface area contributed by atoms with E-state index in [-0.39, 0.29) is 11.6 Å². The van der Waals surface area contributed by atoms with Crippen LogP contribution in [0.4, 0.5) is 19.0 Å². The molecule has 0 atom stereocenters. The SMILES string of the molecule is NNc1nccnc1-c1cccc(OC(F)(F)F)c1. The minimum absolute atomic E-state index is 0.256. The topological polar surface area (TPSA) is 73.1 Å². The molecule has 3 N–H and O–H groups in total. The van der Waals surface area contributed by atoms with E-state index in [2.05, 4.69) is 20.1 Å². The highest BCUT2D eigenvalue weighted by Gasteiger charge is 2.31. The Morgan fingerprint density at radius 1 is 1.16 bits per heavy atom. The molecular weight excluding hydrogens is 261 g/mol. The molecule has 0 fully saturated rings. The minimum atomic E-state index is -4.74. The van der Waals surface area contributed by atoms with E-state index in [4.69, 9.17) is 5.84 Å². The lowest BCUT2D eigenvalue weighted by atomic mass is 10.1. The molecule has 0 amide bonds. The Bertz CT molecular complexity index is 574. The molecule has 1 heterocycles. The second kappa shape index (κ2) is 5.11. The van der Waals surface area contributed by atoms with Crippen molar-refractivity contribution in [1.29, 1.82) is 0 Å². The van der Waals surface area contributed by atoms with Crippen LogP contribution >= 0.6 is 0 Å². The van der Waals surface area contributed by atoms with Gasteiger partial charge in [-0.25, -0.2) is 10.8 Å². The fourth-order valence-corrected chi connectivity index (χ4v) is 1.50. The predicted molar refractivity (Wildman–Crippen MR) is 62.0 cm³/mol. The van der Waals surface area contributed by atoms with Crippen molar-refractivity contribution in [2.45, 2.75) is 6.36 Å². The number of hydrogen-bond donors (Lipinski definition) is 2. The van der Waals surface area contributed by atoms with Crippen molar-refractivity contribution >= 4 is 5.82 Å². The van der Waals surface area contributed by atoms with Crippen molar-refractivity contribution in [3.63, 3.8) is 0 Å². The van der Waals surface area contributed by atoms with Crippen molar-refractivity contribution in [2.75, 3.05) is 5.43 Å². The number of nitrogens with two attached hydrogens (primary N) is 1. The first kappa shape index (κ1) is 13.1. The highest BCUT2D eigenvalue weighted by atomic mass is 19.4. The summed E-state index contributed by atoms with van der Waals surface area (Å²) < 4.78 is 40.3. The molecule has 5 nitrogen and oxygen atoms in total. The van der Waals surface area contributed by atoms with Crippen LogP contribution < -0.4 is 16.0 Å². The predicted octanol–water partition coefficient (Wildman–Crippen LogP) is 2.33. The molecule has 19 heavy (non-hydrogen) atoms. The summed E-state index contributed by atoms with van der Waals surface area (Å²) in [4.78, 5) is 7.93. The van der Waals surface area contributed by atoms with E-state index in [1.165, 1.54) is 30.6 Å². The first-order valence-corrected chi connectivity index (χ1v) is 5.13. The molecular formula is C11H9F3N4O. The molecule has 0 unspecified atom stereocenters. The van der Waals surface area contributed by atoms with Gasteiger partial charge in [0, 0.05) is 18.0 Å². The maximum atomic E-state index is 12.1. The standard InChI is InChI=1S/C11H9F3N4O/c12-11(13,14)19-8-3-1-2-7(6-8)9-10(18-15)17-5-4-16-9/h1-6H,15H2,(H,17,18). The summed E-state index contributed by atoms with van der Waals surface area (Å²) in [6, 6.07) is 5.40. The lowest BCUT2D eigenvalue weighted by Gasteiger charge is -2.11. The molecule has 0 saturated heterocycles. The molecule has 0 bridgehead atoms. The van der Waals surface area contributed by atoms with Crippen molar-refractivity contribution in [2.24, 2.45) is 5.84 Å².